The van der Waals surface area contributed by atoms with E-state index in [1.54, 1.807) is 19.4 Å². The highest BCUT2D eigenvalue weighted by atomic mass is 32.2. The summed E-state index contributed by atoms with van der Waals surface area (Å²) in [5, 5.41) is 5.27. The number of ether oxygens (including phenoxy) is 1. The van der Waals surface area contributed by atoms with Crippen LogP contribution in [0.3, 0.4) is 0 Å². The summed E-state index contributed by atoms with van der Waals surface area (Å²) in [6, 6.07) is 9.44. The largest absolute Gasteiger partial charge is 0.496 e. The molecule has 0 saturated heterocycles. The number of anilines is 1. The maximum absolute atomic E-state index is 12.4. The maximum atomic E-state index is 12.4. The van der Waals surface area contributed by atoms with Gasteiger partial charge in [-0.15, -0.1) is 11.3 Å². The lowest BCUT2D eigenvalue weighted by molar-refractivity contribution is 0.416. The van der Waals surface area contributed by atoms with Crippen molar-refractivity contribution in [1.29, 1.82) is 0 Å². The Labute approximate surface area is 169 Å². The number of methoxy groups -OCH3 is 1. The summed E-state index contributed by atoms with van der Waals surface area (Å²) in [5.74, 6) is 1.16. The topological polar surface area (TPSA) is 77.3 Å². The lowest BCUT2D eigenvalue weighted by Crippen LogP contribution is -2.29. The molecule has 2 heterocycles. The molecular formula is C19H24N4O3S2. The van der Waals surface area contributed by atoms with E-state index in [0.29, 0.717) is 5.82 Å². The molecule has 150 valence electrons. The standard InChI is InChI=1S/C19H24N4O3S2/c1-5-10-22-14(2)11-18(21-22)23(28(4,24)25)13-15-12-20-19(27-15)16-8-6-7-9-17(16)26-3/h6-9,11-12H,5,10,13H2,1-4H3. The van der Waals surface area contributed by atoms with Gasteiger partial charge in [0.1, 0.15) is 10.8 Å². The number of thiazole rings is 1. The van der Waals surface area contributed by atoms with Gasteiger partial charge in [0.25, 0.3) is 0 Å². The molecule has 3 aromatic rings. The van der Waals surface area contributed by atoms with Gasteiger partial charge >= 0.3 is 0 Å². The fourth-order valence-electron chi connectivity index (χ4n) is 2.89. The first kappa shape index (κ1) is 20.3. The Bertz CT molecular complexity index is 1060. The minimum Gasteiger partial charge on any atom is -0.496 e. The minimum absolute atomic E-state index is 0.189. The molecule has 0 atom stereocenters. The number of aromatic nitrogens is 3. The molecule has 7 nitrogen and oxygen atoms in total. The van der Waals surface area contributed by atoms with Crippen LogP contribution in [-0.2, 0) is 23.1 Å². The van der Waals surface area contributed by atoms with Crippen LogP contribution in [0.25, 0.3) is 10.6 Å². The molecule has 0 spiro atoms. The lowest BCUT2D eigenvalue weighted by Gasteiger charge is -2.18. The van der Waals surface area contributed by atoms with E-state index in [1.165, 1.54) is 21.9 Å². The summed E-state index contributed by atoms with van der Waals surface area (Å²) in [5.41, 5.74) is 1.82. The van der Waals surface area contributed by atoms with E-state index >= 15 is 0 Å². The summed E-state index contributed by atoms with van der Waals surface area (Å²) in [7, 11) is -1.87. The second kappa shape index (κ2) is 8.32. The molecule has 3 rings (SSSR count). The van der Waals surface area contributed by atoms with Gasteiger partial charge in [0.2, 0.25) is 10.0 Å². The second-order valence-electron chi connectivity index (χ2n) is 6.47. The van der Waals surface area contributed by atoms with Gasteiger partial charge in [-0.25, -0.2) is 17.7 Å². The number of hydrogen-bond donors (Lipinski definition) is 0. The van der Waals surface area contributed by atoms with Crippen LogP contribution in [0.5, 0.6) is 5.75 Å². The molecule has 1 aromatic carbocycles. The van der Waals surface area contributed by atoms with Crippen molar-refractivity contribution in [3.63, 3.8) is 0 Å². The zero-order chi connectivity index (χ0) is 20.3. The molecule has 0 bridgehead atoms. The van der Waals surface area contributed by atoms with Crippen molar-refractivity contribution in [2.75, 3.05) is 17.7 Å². The first-order valence-electron chi connectivity index (χ1n) is 8.93. The van der Waals surface area contributed by atoms with Crippen LogP contribution in [0.15, 0.2) is 36.5 Å². The average Bonchev–Trinajstić information content (AvgIpc) is 3.26. The maximum Gasteiger partial charge on any atom is 0.233 e. The normalized spacial score (nSPS) is 11.6. The molecule has 0 aliphatic rings. The lowest BCUT2D eigenvalue weighted by atomic mass is 10.2. The van der Waals surface area contributed by atoms with Gasteiger partial charge in [0.15, 0.2) is 5.82 Å². The third kappa shape index (κ3) is 4.36. The van der Waals surface area contributed by atoms with Crippen molar-refractivity contribution in [3.05, 3.63) is 47.1 Å². The first-order valence-corrected chi connectivity index (χ1v) is 11.6. The number of benzene rings is 1. The Morgan fingerprint density at radius 3 is 2.71 bits per heavy atom. The van der Waals surface area contributed by atoms with Gasteiger partial charge in [-0.3, -0.25) is 4.68 Å². The van der Waals surface area contributed by atoms with Crippen molar-refractivity contribution in [3.8, 4) is 16.3 Å². The number of nitrogens with zero attached hydrogens (tertiary/aromatic N) is 4. The first-order chi connectivity index (χ1) is 13.3. The fourth-order valence-corrected chi connectivity index (χ4v) is 4.70. The second-order valence-corrected chi connectivity index (χ2v) is 9.49. The zero-order valence-electron chi connectivity index (χ0n) is 16.4. The van der Waals surface area contributed by atoms with Crippen LogP contribution in [0.4, 0.5) is 5.82 Å². The molecule has 9 heteroatoms. The Hall–Kier alpha value is -2.39. The van der Waals surface area contributed by atoms with Gasteiger partial charge < -0.3 is 4.74 Å². The minimum atomic E-state index is -3.49. The quantitative estimate of drug-likeness (QED) is 0.555. The smallest absolute Gasteiger partial charge is 0.233 e. The zero-order valence-corrected chi connectivity index (χ0v) is 18.0. The van der Waals surface area contributed by atoms with Crippen molar-refractivity contribution in [2.24, 2.45) is 0 Å². The highest BCUT2D eigenvalue weighted by molar-refractivity contribution is 7.92. The van der Waals surface area contributed by atoms with Crippen LogP contribution in [0, 0.1) is 6.92 Å². The number of para-hydroxylation sites is 1. The van der Waals surface area contributed by atoms with E-state index in [2.05, 4.69) is 17.0 Å². The number of aryl methyl sites for hydroxylation is 2. The van der Waals surface area contributed by atoms with Crippen molar-refractivity contribution in [2.45, 2.75) is 33.4 Å². The number of sulfonamides is 1. The van der Waals surface area contributed by atoms with Crippen molar-refractivity contribution >= 4 is 27.2 Å². The summed E-state index contributed by atoms with van der Waals surface area (Å²) in [6.45, 7) is 4.93. The molecule has 0 unspecified atom stereocenters. The predicted octanol–water partition coefficient (Wildman–Crippen LogP) is 3.70. The molecule has 0 aliphatic carbocycles. The third-order valence-corrected chi connectivity index (χ3v) is 6.38. The van der Waals surface area contributed by atoms with Crippen LogP contribution < -0.4 is 9.04 Å². The molecule has 0 radical (unpaired) electrons. The summed E-state index contributed by atoms with van der Waals surface area (Å²) in [6.07, 6.45) is 3.84. The SMILES string of the molecule is CCCn1nc(N(Cc2cnc(-c3ccccc3OC)s2)S(C)(=O)=O)cc1C. The van der Waals surface area contributed by atoms with E-state index in [4.69, 9.17) is 4.74 Å². The summed E-state index contributed by atoms with van der Waals surface area (Å²) < 4.78 is 33.4. The average molecular weight is 421 g/mol. The molecule has 0 fully saturated rings. The van der Waals surface area contributed by atoms with Crippen LogP contribution in [0.2, 0.25) is 0 Å². The van der Waals surface area contributed by atoms with Gasteiger partial charge in [-0.2, -0.15) is 5.10 Å². The van der Waals surface area contributed by atoms with E-state index in [0.717, 1.165) is 39.9 Å². The van der Waals surface area contributed by atoms with Gasteiger partial charge in [0, 0.05) is 29.4 Å². The van der Waals surface area contributed by atoms with Gasteiger partial charge in [-0.1, -0.05) is 19.1 Å². The van der Waals surface area contributed by atoms with E-state index in [-0.39, 0.29) is 6.54 Å². The van der Waals surface area contributed by atoms with E-state index < -0.39 is 10.0 Å². The summed E-state index contributed by atoms with van der Waals surface area (Å²) in [4.78, 5) is 5.30. The third-order valence-electron chi connectivity index (χ3n) is 4.25. The van der Waals surface area contributed by atoms with Gasteiger partial charge in [-0.05, 0) is 25.5 Å². The molecule has 2 aromatic heterocycles. The summed E-state index contributed by atoms with van der Waals surface area (Å²) >= 11 is 1.44. The van der Waals surface area contributed by atoms with Crippen LogP contribution >= 0.6 is 11.3 Å². The molecule has 0 N–H and O–H groups in total. The van der Waals surface area contributed by atoms with Crippen molar-refractivity contribution < 1.29 is 13.2 Å². The van der Waals surface area contributed by atoms with Crippen LogP contribution in [-0.4, -0.2) is 36.5 Å². The molecule has 28 heavy (non-hydrogen) atoms. The van der Waals surface area contributed by atoms with E-state index in [9.17, 15) is 8.42 Å². The molecule has 0 saturated carbocycles. The van der Waals surface area contributed by atoms with Crippen LogP contribution in [0.1, 0.15) is 23.9 Å². The van der Waals surface area contributed by atoms with Crippen molar-refractivity contribution in [1.82, 2.24) is 14.8 Å². The highest BCUT2D eigenvalue weighted by Gasteiger charge is 2.23. The predicted molar refractivity (Wildman–Crippen MR) is 112 cm³/mol. The Balaban J connectivity index is 1.91. The monoisotopic (exact) mass is 420 g/mol. The molecule has 0 aliphatic heterocycles. The Morgan fingerprint density at radius 1 is 1.29 bits per heavy atom. The number of hydrogen-bond acceptors (Lipinski definition) is 6. The molecule has 0 amide bonds. The fraction of sp³-hybridized carbons (Fsp3) is 0.368. The molecular weight excluding hydrogens is 396 g/mol. The number of rotatable bonds is 8. The Kier molecular flexibility index (Phi) is 6.04. The van der Waals surface area contributed by atoms with Gasteiger partial charge in [0.05, 0.1) is 25.5 Å². The van der Waals surface area contributed by atoms with E-state index in [1.807, 2.05) is 35.9 Å². The highest BCUT2D eigenvalue weighted by Crippen LogP contribution is 2.33. The Morgan fingerprint density at radius 2 is 2.04 bits per heavy atom.